The summed E-state index contributed by atoms with van der Waals surface area (Å²) >= 11 is 0. The maximum absolute atomic E-state index is 11.7. The van der Waals surface area contributed by atoms with E-state index in [1.807, 2.05) is 30.3 Å². The Labute approximate surface area is 112 Å². The first kappa shape index (κ1) is 13.0. The SMILES string of the molecule is Nc1cccc(NC(=O)NCCc2ccccc2)c1. The summed E-state index contributed by atoms with van der Waals surface area (Å²) in [5.41, 5.74) is 8.16. The van der Waals surface area contributed by atoms with Gasteiger partial charge in [-0.3, -0.25) is 0 Å². The molecule has 0 aliphatic rings. The van der Waals surface area contributed by atoms with Crippen molar-refractivity contribution >= 4 is 17.4 Å². The quantitative estimate of drug-likeness (QED) is 0.735. The van der Waals surface area contributed by atoms with Gasteiger partial charge in [-0.1, -0.05) is 36.4 Å². The third-order valence-corrected chi connectivity index (χ3v) is 2.69. The van der Waals surface area contributed by atoms with Gasteiger partial charge in [0.2, 0.25) is 0 Å². The molecule has 2 aromatic carbocycles. The number of carbonyl (C=O) groups excluding carboxylic acids is 1. The van der Waals surface area contributed by atoms with E-state index in [2.05, 4.69) is 10.6 Å². The van der Waals surface area contributed by atoms with Crippen LogP contribution in [0.3, 0.4) is 0 Å². The summed E-state index contributed by atoms with van der Waals surface area (Å²) in [7, 11) is 0. The molecule has 4 N–H and O–H groups in total. The van der Waals surface area contributed by atoms with Gasteiger partial charge in [-0.05, 0) is 30.2 Å². The Balaban J connectivity index is 1.76. The third kappa shape index (κ3) is 4.35. The molecular weight excluding hydrogens is 238 g/mol. The van der Waals surface area contributed by atoms with Crippen LogP contribution in [-0.2, 0) is 6.42 Å². The average Bonchev–Trinajstić information content (AvgIpc) is 2.40. The number of anilines is 2. The van der Waals surface area contributed by atoms with Crippen molar-refractivity contribution in [1.82, 2.24) is 5.32 Å². The molecule has 0 fully saturated rings. The number of hydrogen-bond acceptors (Lipinski definition) is 2. The van der Waals surface area contributed by atoms with E-state index in [0.717, 1.165) is 6.42 Å². The van der Waals surface area contributed by atoms with Gasteiger partial charge < -0.3 is 16.4 Å². The molecule has 0 bridgehead atoms. The normalized spacial score (nSPS) is 9.89. The largest absolute Gasteiger partial charge is 0.399 e. The zero-order chi connectivity index (χ0) is 13.5. The van der Waals surface area contributed by atoms with Gasteiger partial charge in [0, 0.05) is 17.9 Å². The summed E-state index contributed by atoms with van der Waals surface area (Å²) in [5.74, 6) is 0. The van der Waals surface area contributed by atoms with Crippen molar-refractivity contribution in [2.45, 2.75) is 6.42 Å². The van der Waals surface area contributed by atoms with Crippen molar-refractivity contribution in [2.75, 3.05) is 17.6 Å². The number of amides is 2. The van der Waals surface area contributed by atoms with Crippen molar-refractivity contribution in [3.63, 3.8) is 0 Å². The highest BCUT2D eigenvalue weighted by Crippen LogP contribution is 2.11. The second-order valence-corrected chi connectivity index (χ2v) is 4.24. The predicted octanol–water partition coefficient (Wildman–Crippen LogP) is 2.63. The third-order valence-electron chi connectivity index (χ3n) is 2.69. The van der Waals surface area contributed by atoms with Crippen molar-refractivity contribution in [1.29, 1.82) is 0 Å². The Hall–Kier alpha value is -2.49. The molecule has 19 heavy (non-hydrogen) atoms. The number of rotatable bonds is 4. The molecule has 0 saturated carbocycles. The lowest BCUT2D eigenvalue weighted by molar-refractivity contribution is 0.252. The van der Waals surface area contributed by atoms with Crippen LogP contribution in [0.15, 0.2) is 54.6 Å². The number of carbonyl (C=O) groups is 1. The Morgan fingerprint density at radius 3 is 2.58 bits per heavy atom. The monoisotopic (exact) mass is 255 g/mol. The maximum Gasteiger partial charge on any atom is 0.319 e. The average molecular weight is 255 g/mol. The van der Waals surface area contributed by atoms with Gasteiger partial charge in [0.25, 0.3) is 0 Å². The molecule has 0 saturated heterocycles. The fraction of sp³-hybridized carbons (Fsp3) is 0.133. The molecule has 4 heteroatoms. The lowest BCUT2D eigenvalue weighted by atomic mass is 10.1. The molecule has 2 rings (SSSR count). The summed E-state index contributed by atoms with van der Waals surface area (Å²) in [6, 6.07) is 16.9. The molecule has 98 valence electrons. The van der Waals surface area contributed by atoms with Crippen LogP contribution >= 0.6 is 0 Å². The van der Waals surface area contributed by atoms with Gasteiger partial charge in [0.15, 0.2) is 0 Å². The van der Waals surface area contributed by atoms with Crippen LogP contribution in [0.4, 0.5) is 16.2 Å². The van der Waals surface area contributed by atoms with Gasteiger partial charge in [-0.25, -0.2) is 4.79 Å². The highest BCUT2D eigenvalue weighted by atomic mass is 16.2. The van der Waals surface area contributed by atoms with E-state index in [-0.39, 0.29) is 6.03 Å². The van der Waals surface area contributed by atoms with Crippen molar-refractivity contribution < 1.29 is 4.79 Å². The molecular formula is C15H17N3O. The van der Waals surface area contributed by atoms with Crippen LogP contribution in [0, 0.1) is 0 Å². The smallest absolute Gasteiger partial charge is 0.319 e. The van der Waals surface area contributed by atoms with Gasteiger partial charge >= 0.3 is 6.03 Å². The standard InChI is InChI=1S/C15H17N3O/c16-13-7-4-8-14(11-13)18-15(19)17-10-9-12-5-2-1-3-6-12/h1-8,11H,9-10,16H2,(H2,17,18,19). The summed E-state index contributed by atoms with van der Waals surface area (Å²) in [4.78, 5) is 11.7. The van der Waals surface area contributed by atoms with Gasteiger partial charge in [-0.2, -0.15) is 0 Å². The van der Waals surface area contributed by atoms with Gasteiger partial charge in [0.1, 0.15) is 0 Å². The molecule has 2 aromatic rings. The van der Waals surface area contributed by atoms with Crippen LogP contribution in [0.25, 0.3) is 0 Å². The van der Waals surface area contributed by atoms with Crippen molar-refractivity contribution in [3.05, 3.63) is 60.2 Å². The van der Waals surface area contributed by atoms with Crippen molar-refractivity contribution in [3.8, 4) is 0 Å². The first-order chi connectivity index (χ1) is 9.24. The Bertz CT molecular complexity index is 540. The Kier molecular flexibility index (Phi) is 4.39. The van der Waals surface area contributed by atoms with E-state index in [1.54, 1.807) is 24.3 Å². The van der Waals surface area contributed by atoms with E-state index in [9.17, 15) is 4.79 Å². The summed E-state index contributed by atoms with van der Waals surface area (Å²) in [6.07, 6.45) is 0.811. The zero-order valence-corrected chi connectivity index (χ0v) is 10.6. The van der Waals surface area contributed by atoms with Crippen LogP contribution < -0.4 is 16.4 Å². The predicted molar refractivity (Wildman–Crippen MR) is 78.0 cm³/mol. The number of nitrogens with one attached hydrogen (secondary N) is 2. The minimum atomic E-state index is -0.221. The Morgan fingerprint density at radius 2 is 1.84 bits per heavy atom. The fourth-order valence-corrected chi connectivity index (χ4v) is 1.76. The van der Waals surface area contributed by atoms with Crippen LogP contribution in [0.1, 0.15) is 5.56 Å². The molecule has 0 heterocycles. The molecule has 0 radical (unpaired) electrons. The highest BCUT2D eigenvalue weighted by molar-refractivity contribution is 5.89. The van der Waals surface area contributed by atoms with E-state index in [0.29, 0.717) is 17.9 Å². The second-order valence-electron chi connectivity index (χ2n) is 4.24. The maximum atomic E-state index is 11.7. The van der Waals surface area contributed by atoms with Crippen LogP contribution in [-0.4, -0.2) is 12.6 Å². The first-order valence-electron chi connectivity index (χ1n) is 6.18. The summed E-state index contributed by atoms with van der Waals surface area (Å²) < 4.78 is 0. The first-order valence-corrected chi connectivity index (χ1v) is 6.18. The fourth-order valence-electron chi connectivity index (χ4n) is 1.76. The molecule has 0 unspecified atom stereocenters. The number of urea groups is 1. The van der Waals surface area contributed by atoms with E-state index < -0.39 is 0 Å². The Morgan fingerprint density at radius 1 is 1.05 bits per heavy atom. The lowest BCUT2D eigenvalue weighted by Gasteiger charge is -2.08. The summed E-state index contributed by atoms with van der Waals surface area (Å²) in [5, 5.41) is 5.55. The molecule has 0 atom stereocenters. The number of nitrogens with two attached hydrogens (primary N) is 1. The lowest BCUT2D eigenvalue weighted by Crippen LogP contribution is -2.30. The molecule has 0 aromatic heterocycles. The van der Waals surface area contributed by atoms with Gasteiger partial charge in [-0.15, -0.1) is 0 Å². The number of benzene rings is 2. The van der Waals surface area contributed by atoms with Crippen molar-refractivity contribution in [2.24, 2.45) is 0 Å². The van der Waals surface area contributed by atoms with E-state index >= 15 is 0 Å². The molecule has 0 spiro atoms. The molecule has 0 aliphatic heterocycles. The number of nitrogen functional groups attached to an aromatic ring is 1. The summed E-state index contributed by atoms with van der Waals surface area (Å²) in [6.45, 7) is 0.595. The minimum absolute atomic E-state index is 0.221. The molecule has 0 aliphatic carbocycles. The number of hydrogen-bond donors (Lipinski definition) is 3. The minimum Gasteiger partial charge on any atom is -0.399 e. The van der Waals surface area contributed by atoms with E-state index in [1.165, 1.54) is 5.56 Å². The molecule has 4 nitrogen and oxygen atoms in total. The molecule has 2 amide bonds. The van der Waals surface area contributed by atoms with E-state index in [4.69, 9.17) is 5.73 Å². The zero-order valence-electron chi connectivity index (χ0n) is 10.6. The topological polar surface area (TPSA) is 67.1 Å². The van der Waals surface area contributed by atoms with Gasteiger partial charge in [0.05, 0.1) is 0 Å². The van der Waals surface area contributed by atoms with Crippen LogP contribution in [0.2, 0.25) is 0 Å². The highest BCUT2D eigenvalue weighted by Gasteiger charge is 2.01. The second kappa shape index (κ2) is 6.44. The van der Waals surface area contributed by atoms with Crippen LogP contribution in [0.5, 0.6) is 0 Å².